The molecule has 126 valence electrons. The molecule has 0 spiro atoms. The van der Waals surface area contributed by atoms with Gasteiger partial charge in [0.05, 0.1) is 0 Å². The van der Waals surface area contributed by atoms with Crippen molar-refractivity contribution in [3.8, 4) is 0 Å². The highest BCUT2D eigenvalue weighted by molar-refractivity contribution is 6.75. The van der Waals surface area contributed by atoms with Crippen molar-refractivity contribution in [2.24, 2.45) is 17.8 Å². The van der Waals surface area contributed by atoms with Crippen molar-refractivity contribution in [2.45, 2.75) is 78.9 Å². The molecule has 0 aromatic carbocycles. The Kier molecular flexibility index (Phi) is 10.6. The van der Waals surface area contributed by atoms with Crippen LogP contribution in [0.25, 0.3) is 0 Å². The van der Waals surface area contributed by atoms with E-state index in [1.54, 1.807) is 0 Å². The molecule has 0 bridgehead atoms. The second-order valence-corrected chi connectivity index (χ2v) is 11.9. The molecule has 0 amide bonds. The largest absolute Gasteiger partial charge is 0.518 e. The molecule has 0 saturated carbocycles. The van der Waals surface area contributed by atoms with Crippen LogP contribution in [0.3, 0.4) is 0 Å². The zero-order valence-electron chi connectivity index (χ0n) is 14.9. The number of alkyl halides is 1. The Morgan fingerprint density at radius 1 is 0.857 bits per heavy atom. The standard InChI is InChI=1S/C17H35ClO2Si/c1-14(2)7-10-21(11-8-15(3)4,12-9-16(5)6)20-17(19)13-18/h14-16H,7-13H2,1-6H3. The van der Waals surface area contributed by atoms with Gasteiger partial charge in [-0.15, -0.1) is 11.6 Å². The third-order valence-corrected chi connectivity index (χ3v) is 8.45. The van der Waals surface area contributed by atoms with Crippen LogP contribution < -0.4 is 0 Å². The van der Waals surface area contributed by atoms with Gasteiger partial charge in [0.2, 0.25) is 0 Å². The van der Waals surface area contributed by atoms with Crippen molar-refractivity contribution in [2.75, 3.05) is 5.88 Å². The van der Waals surface area contributed by atoms with Gasteiger partial charge < -0.3 is 4.43 Å². The van der Waals surface area contributed by atoms with Crippen LogP contribution >= 0.6 is 11.6 Å². The fraction of sp³-hybridized carbons (Fsp3) is 0.941. The predicted octanol–water partition coefficient (Wildman–Crippen LogP) is 5.85. The lowest BCUT2D eigenvalue weighted by molar-refractivity contribution is -0.132. The van der Waals surface area contributed by atoms with E-state index in [9.17, 15) is 4.79 Å². The number of carbonyl (C=O) groups excluding carboxylic acids is 1. The molecule has 2 nitrogen and oxygen atoms in total. The second kappa shape index (κ2) is 10.7. The Labute approximate surface area is 138 Å². The van der Waals surface area contributed by atoms with E-state index in [4.69, 9.17) is 16.0 Å². The first-order valence-electron chi connectivity index (χ1n) is 8.48. The van der Waals surface area contributed by atoms with Gasteiger partial charge in [0.1, 0.15) is 5.88 Å². The fourth-order valence-corrected chi connectivity index (χ4v) is 7.52. The molecule has 0 aliphatic rings. The summed E-state index contributed by atoms with van der Waals surface area (Å²) in [6.45, 7) is 13.5. The van der Waals surface area contributed by atoms with Gasteiger partial charge in [0.25, 0.3) is 8.32 Å². The van der Waals surface area contributed by atoms with E-state index in [0.717, 1.165) is 37.4 Å². The predicted molar refractivity (Wildman–Crippen MR) is 95.4 cm³/mol. The maximum Gasteiger partial charge on any atom is 0.307 e. The molecule has 0 radical (unpaired) electrons. The molecule has 0 fully saturated rings. The molecule has 0 aliphatic carbocycles. The monoisotopic (exact) mass is 334 g/mol. The Morgan fingerprint density at radius 3 is 1.43 bits per heavy atom. The van der Waals surface area contributed by atoms with E-state index >= 15 is 0 Å². The quantitative estimate of drug-likeness (QED) is 0.350. The molecule has 0 aliphatic heterocycles. The van der Waals surface area contributed by atoms with Crippen molar-refractivity contribution in [3.05, 3.63) is 0 Å². The first-order valence-corrected chi connectivity index (χ1v) is 11.5. The van der Waals surface area contributed by atoms with Crippen LogP contribution in [-0.2, 0) is 9.22 Å². The van der Waals surface area contributed by atoms with Gasteiger partial charge in [-0.3, -0.25) is 4.79 Å². The lowest BCUT2D eigenvalue weighted by atomic mass is 10.2. The molecule has 0 saturated heterocycles. The van der Waals surface area contributed by atoms with Crippen molar-refractivity contribution < 1.29 is 9.22 Å². The average molecular weight is 335 g/mol. The molecule has 0 atom stereocenters. The zero-order valence-corrected chi connectivity index (χ0v) is 16.6. The molecule has 0 N–H and O–H groups in total. The van der Waals surface area contributed by atoms with Crippen LogP contribution in [0.15, 0.2) is 0 Å². The highest BCUT2D eigenvalue weighted by atomic mass is 35.5. The van der Waals surface area contributed by atoms with E-state index in [-0.39, 0.29) is 11.8 Å². The first-order chi connectivity index (χ1) is 9.70. The minimum Gasteiger partial charge on any atom is -0.518 e. The Balaban J connectivity index is 4.99. The summed E-state index contributed by atoms with van der Waals surface area (Å²) in [4.78, 5) is 11.8. The third kappa shape index (κ3) is 10.3. The van der Waals surface area contributed by atoms with E-state index < -0.39 is 8.32 Å². The summed E-state index contributed by atoms with van der Waals surface area (Å²) in [6, 6.07) is 3.27. The van der Waals surface area contributed by atoms with Crippen LogP contribution in [0, 0.1) is 17.8 Å². The average Bonchev–Trinajstić information content (AvgIpc) is 2.40. The van der Waals surface area contributed by atoms with Gasteiger partial charge in [-0.25, -0.2) is 0 Å². The van der Waals surface area contributed by atoms with E-state index in [2.05, 4.69) is 41.5 Å². The summed E-state index contributed by atoms with van der Waals surface area (Å²) < 4.78 is 6.01. The molecule has 0 aromatic heterocycles. The maximum absolute atomic E-state index is 11.8. The number of carbonyl (C=O) groups is 1. The summed E-state index contributed by atoms with van der Waals surface area (Å²) >= 11 is 5.69. The molecule has 0 heterocycles. The molecule has 0 aromatic rings. The molecule has 0 unspecified atom stereocenters. The molecule has 21 heavy (non-hydrogen) atoms. The summed E-state index contributed by atoms with van der Waals surface area (Å²) in [6.07, 6.45) is 3.45. The molecule has 4 heteroatoms. The van der Waals surface area contributed by atoms with Gasteiger partial charge in [-0.1, -0.05) is 60.8 Å². The van der Waals surface area contributed by atoms with Crippen LogP contribution in [-0.4, -0.2) is 20.2 Å². The zero-order chi connectivity index (χ0) is 16.5. The lowest BCUT2D eigenvalue weighted by Gasteiger charge is -2.33. The van der Waals surface area contributed by atoms with Crippen LogP contribution in [0.5, 0.6) is 0 Å². The molecular weight excluding hydrogens is 300 g/mol. The highest BCUT2D eigenvalue weighted by Gasteiger charge is 2.37. The number of rotatable bonds is 11. The smallest absolute Gasteiger partial charge is 0.307 e. The summed E-state index contributed by atoms with van der Waals surface area (Å²) in [5.74, 6) is 1.75. The SMILES string of the molecule is CC(C)CC[Si](CCC(C)C)(CCC(C)C)OC(=O)CCl. The Morgan fingerprint density at radius 2 is 1.19 bits per heavy atom. The molecule has 0 rings (SSSR count). The Bertz CT molecular complexity index is 259. The van der Waals surface area contributed by atoms with Crippen molar-refractivity contribution in [1.82, 2.24) is 0 Å². The minimum absolute atomic E-state index is 0.0141. The van der Waals surface area contributed by atoms with Gasteiger partial charge in [-0.2, -0.15) is 0 Å². The normalized spacial score (nSPS) is 12.5. The van der Waals surface area contributed by atoms with E-state index in [1.807, 2.05) is 0 Å². The van der Waals surface area contributed by atoms with Gasteiger partial charge in [-0.05, 0) is 35.9 Å². The second-order valence-electron chi connectivity index (χ2n) is 7.59. The lowest BCUT2D eigenvalue weighted by Crippen LogP contribution is -2.41. The minimum atomic E-state index is -2.00. The summed E-state index contributed by atoms with van der Waals surface area (Å²) in [5.41, 5.74) is 0. The summed E-state index contributed by atoms with van der Waals surface area (Å²) in [5, 5.41) is 0. The van der Waals surface area contributed by atoms with Gasteiger partial charge >= 0.3 is 5.97 Å². The van der Waals surface area contributed by atoms with Crippen LogP contribution in [0.4, 0.5) is 0 Å². The van der Waals surface area contributed by atoms with Crippen LogP contribution in [0.1, 0.15) is 60.8 Å². The number of hydrogen-bond acceptors (Lipinski definition) is 2. The fourth-order valence-electron chi connectivity index (χ4n) is 2.45. The van der Waals surface area contributed by atoms with Crippen LogP contribution in [0.2, 0.25) is 18.1 Å². The summed E-state index contributed by atoms with van der Waals surface area (Å²) in [7, 11) is -2.00. The van der Waals surface area contributed by atoms with E-state index in [0.29, 0.717) is 17.8 Å². The van der Waals surface area contributed by atoms with Crippen molar-refractivity contribution in [3.63, 3.8) is 0 Å². The number of hydrogen-bond donors (Lipinski definition) is 0. The Hall–Kier alpha value is -0.0231. The highest BCUT2D eigenvalue weighted by Crippen LogP contribution is 2.32. The van der Waals surface area contributed by atoms with Gasteiger partial charge in [0.15, 0.2) is 0 Å². The topological polar surface area (TPSA) is 26.3 Å². The maximum atomic E-state index is 11.8. The first kappa shape index (κ1) is 21.0. The third-order valence-electron chi connectivity index (χ3n) is 3.97. The van der Waals surface area contributed by atoms with Crippen molar-refractivity contribution in [1.29, 1.82) is 0 Å². The molecular formula is C17H35ClO2Si. The number of halogens is 1. The van der Waals surface area contributed by atoms with Gasteiger partial charge in [0, 0.05) is 0 Å². The van der Waals surface area contributed by atoms with Crippen molar-refractivity contribution >= 4 is 25.9 Å². The van der Waals surface area contributed by atoms with E-state index in [1.165, 1.54) is 0 Å².